The third-order valence-corrected chi connectivity index (χ3v) is 1.82. The molecule has 0 aromatic heterocycles. The summed E-state index contributed by atoms with van der Waals surface area (Å²) in [5.41, 5.74) is 0. The monoisotopic (exact) mass is 163 g/mol. The van der Waals surface area contributed by atoms with Crippen LogP contribution in [-0.4, -0.2) is 37.5 Å². The molecule has 60 valence electrons. The molecule has 1 heterocycles. The van der Waals surface area contributed by atoms with E-state index in [1.54, 1.807) is 0 Å². The highest BCUT2D eigenvalue weighted by molar-refractivity contribution is 5.79. The standard InChI is InChI=1S/C7H14NO.ClH/c1-8(2)5-3-4-7(9)6-8;/h3-6H2,1-2H3;1H/q+1;/p-1. The van der Waals surface area contributed by atoms with E-state index in [0.29, 0.717) is 5.78 Å². The van der Waals surface area contributed by atoms with Crippen molar-refractivity contribution in [3.63, 3.8) is 0 Å². The molecule has 0 spiro atoms. The van der Waals surface area contributed by atoms with Gasteiger partial charge in [-0.15, -0.1) is 0 Å². The fraction of sp³-hybridized carbons (Fsp3) is 0.857. The Labute approximate surface area is 68.2 Å². The maximum absolute atomic E-state index is 10.9. The molecular weight excluding hydrogens is 150 g/mol. The average molecular weight is 164 g/mol. The zero-order valence-corrected chi connectivity index (χ0v) is 7.32. The van der Waals surface area contributed by atoms with Gasteiger partial charge in [0.1, 0.15) is 6.54 Å². The SMILES string of the molecule is C[N+]1(C)CCCC(=O)C1.[Cl-]. The number of carbonyl (C=O) groups excluding carboxylic acids is 1. The fourth-order valence-electron chi connectivity index (χ4n) is 1.34. The molecule has 0 bridgehead atoms. The van der Waals surface area contributed by atoms with Crippen LogP contribution in [0.4, 0.5) is 0 Å². The first-order valence-electron chi connectivity index (χ1n) is 3.44. The van der Waals surface area contributed by atoms with Crippen LogP contribution in [0.15, 0.2) is 0 Å². The van der Waals surface area contributed by atoms with Gasteiger partial charge in [0.05, 0.1) is 20.6 Å². The fourth-order valence-corrected chi connectivity index (χ4v) is 1.34. The summed E-state index contributed by atoms with van der Waals surface area (Å²) in [5, 5.41) is 0. The number of quaternary nitrogens is 1. The van der Waals surface area contributed by atoms with Gasteiger partial charge in [-0.2, -0.15) is 0 Å². The van der Waals surface area contributed by atoms with Crippen LogP contribution in [0.2, 0.25) is 0 Å². The molecule has 2 nitrogen and oxygen atoms in total. The summed E-state index contributed by atoms with van der Waals surface area (Å²) in [7, 11) is 4.22. The summed E-state index contributed by atoms with van der Waals surface area (Å²) in [4.78, 5) is 10.9. The lowest BCUT2D eigenvalue weighted by atomic mass is 10.1. The summed E-state index contributed by atoms with van der Waals surface area (Å²) >= 11 is 0. The van der Waals surface area contributed by atoms with E-state index >= 15 is 0 Å². The van der Waals surface area contributed by atoms with Crippen LogP contribution in [-0.2, 0) is 4.79 Å². The van der Waals surface area contributed by atoms with E-state index in [4.69, 9.17) is 0 Å². The highest BCUT2D eigenvalue weighted by Crippen LogP contribution is 2.09. The third-order valence-electron chi connectivity index (χ3n) is 1.82. The van der Waals surface area contributed by atoms with Crippen LogP contribution in [0.5, 0.6) is 0 Å². The molecule has 3 heteroatoms. The second kappa shape index (κ2) is 3.35. The number of likely N-dealkylation sites (N-methyl/N-ethyl adjacent to an activating group) is 1. The van der Waals surface area contributed by atoms with Gasteiger partial charge in [-0.05, 0) is 0 Å². The van der Waals surface area contributed by atoms with Crippen LogP contribution in [0, 0.1) is 0 Å². The van der Waals surface area contributed by atoms with Crippen molar-refractivity contribution in [2.24, 2.45) is 0 Å². The molecule has 1 aliphatic heterocycles. The molecule has 0 aromatic rings. The minimum absolute atomic E-state index is 0. The number of piperidine rings is 1. The number of hydrogen-bond donors (Lipinski definition) is 0. The largest absolute Gasteiger partial charge is 1.00 e. The molecule has 0 saturated carbocycles. The molecule has 0 amide bonds. The second-order valence-corrected chi connectivity index (χ2v) is 3.46. The molecular formula is C7H14ClNO. The Balaban J connectivity index is 0.000000810. The number of carbonyl (C=O) groups is 1. The number of ketones is 1. The van der Waals surface area contributed by atoms with Gasteiger partial charge >= 0.3 is 0 Å². The van der Waals surface area contributed by atoms with Gasteiger partial charge < -0.3 is 16.9 Å². The molecule has 0 aromatic carbocycles. The van der Waals surface area contributed by atoms with Gasteiger partial charge in [0.15, 0.2) is 5.78 Å². The molecule has 10 heavy (non-hydrogen) atoms. The Morgan fingerprint density at radius 1 is 1.40 bits per heavy atom. The van der Waals surface area contributed by atoms with E-state index in [0.717, 1.165) is 30.4 Å². The van der Waals surface area contributed by atoms with Crippen LogP contribution >= 0.6 is 0 Å². The number of Topliss-reactive ketones (excluding diaryl/α,β-unsaturated/α-hetero) is 1. The predicted molar refractivity (Wildman–Crippen MR) is 36.1 cm³/mol. The van der Waals surface area contributed by atoms with E-state index in [9.17, 15) is 4.79 Å². The lowest BCUT2D eigenvalue weighted by Crippen LogP contribution is -3.00. The van der Waals surface area contributed by atoms with E-state index in [-0.39, 0.29) is 12.4 Å². The summed E-state index contributed by atoms with van der Waals surface area (Å²) in [6, 6.07) is 0. The van der Waals surface area contributed by atoms with Crippen molar-refractivity contribution in [3.8, 4) is 0 Å². The molecule has 0 N–H and O–H groups in total. The topological polar surface area (TPSA) is 17.1 Å². The Morgan fingerprint density at radius 3 is 2.30 bits per heavy atom. The maximum atomic E-state index is 10.9. The first kappa shape index (κ1) is 9.92. The van der Waals surface area contributed by atoms with Crippen molar-refractivity contribution < 1.29 is 21.7 Å². The average Bonchev–Trinajstić information content (AvgIpc) is 1.60. The number of rotatable bonds is 0. The van der Waals surface area contributed by atoms with Crippen LogP contribution in [0.3, 0.4) is 0 Å². The van der Waals surface area contributed by atoms with Crippen molar-refractivity contribution in [2.75, 3.05) is 27.2 Å². The minimum atomic E-state index is 0. The van der Waals surface area contributed by atoms with Gasteiger partial charge in [0, 0.05) is 12.8 Å². The van der Waals surface area contributed by atoms with E-state index in [1.165, 1.54) is 0 Å². The van der Waals surface area contributed by atoms with Crippen molar-refractivity contribution in [3.05, 3.63) is 0 Å². The summed E-state index contributed by atoms with van der Waals surface area (Å²) in [6.07, 6.45) is 1.88. The van der Waals surface area contributed by atoms with Crippen LogP contribution in [0.25, 0.3) is 0 Å². The van der Waals surface area contributed by atoms with Gasteiger partial charge in [0.25, 0.3) is 0 Å². The maximum Gasteiger partial charge on any atom is 0.187 e. The third kappa shape index (κ3) is 2.67. The Kier molecular flexibility index (Phi) is 3.33. The summed E-state index contributed by atoms with van der Waals surface area (Å²) in [6.45, 7) is 1.89. The number of nitrogens with zero attached hydrogens (tertiary/aromatic N) is 1. The normalized spacial score (nSPS) is 23.6. The number of likely N-dealkylation sites (tertiary alicyclic amines) is 1. The van der Waals surface area contributed by atoms with E-state index < -0.39 is 0 Å². The lowest BCUT2D eigenvalue weighted by Gasteiger charge is -2.32. The number of hydrogen-bond acceptors (Lipinski definition) is 1. The summed E-state index contributed by atoms with van der Waals surface area (Å²) < 4.78 is 0.888. The molecule has 1 rings (SSSR count). The zero-order chi connectivity index (χ0) is 6.91. The molecule has 0 radical (unpaired) electrons. The molecule has 0 aliphatic carbocycles. The second-order valence-electron chi connectivity index (χ2n) is 3.46. The van der Waals surface area contributed by atoms with Gasteiger partial charge in [-0.25, -0.2) is 0 Å². The first-order valence-corrected chi connectivity index (χ1v) is 3.44. The van der Waals surface area contributed by atoms with Crippen molar-refractivity contribution in [1.82, 2.24) is 0 Å². The molecule has 0 unspecified atom stereocenters. The van der Waals surface area contributed by atoms with Crippen LogP contribution < -0.4 is 12.4 Å². The predicted octanol–water partition coefficient (Wildman–Crippen LogP) is -2.57. The highest BCUT2D eigenvalue weighted by Gasteiger charge is 2.24. The van der Waals surface area contributed by atoms with Crippen molar-refractivity contribution in [1.29, 1.82) is 0 Å². The molecule has 0 atom stereocenters. The van der Waals surface area contributed by atoms with Crippen molar-refractivity contribution >= 4 is 5.78 Å². The van der Waals surface area contributed by atoms with Gasteiger partial charge in [0.2, 0.25) is 0 Å². The Bertz CT molecular complexity index is 134. The van der Waals surface area contributed by atoms with Crippen LogP contribution in [0.1, 0.15) is 12.8 Å². The van der Waals surface area contributed by atoms with E-state index in [1.807, 2.05) is 0 Å². The Morgan fingerprint density at radius 2 is 2.00 bits per heavy atom. The first-order chi connectivity index (χ1) is 4.10. The van der Waals surface area contributed by atoms with Crippen molar-refractivity contribution in [2.45, 2.75) is 12.8 Å². The Hall–Kier alpha value is -0.0800. The quantitative estimate of drug-likeness (QED) is 0.359. The molecule has 1 aliphatic rings. The zero-order valence-electron chi connectivity index (χ0n) is 6.56. The van der Waals surface area contributed by atoms with Gasteiger partial charge in [-0.3, -0.25) is 4.79 Å². The highest BCUT2D eigenvalue weighted by atomic mass is 35.5. The van der Waals surface area contributed by atoms with Gasteiger partial charge in [-0.1, -0.05) is 0 Å². The molecule has 1 fully saturated rings. The summed E-state index contributed by atoms with van der Waals surface area (Å²) in [5.74, 6) is 0.422. The lowest BCUT2D eigenvalue weighted by molar-refractivity contribution is -0.885. The smallest absolute Gasteiger partial charge is 0.187 e. The van der Waals surface area contributed by atoms with E-state index in [2.05, 4.69) is 14.1 Å². The minimum Gasteiger partial charge on any atom is -1.00 e. The number of halogens is 1. The molecule has 1 saturated heterocycles.